The van der Waals surface area contributed by atoms with Crippen molar-refractivity contribution in [2.75, 3.05) is 24.7 Å². The van der Waals surface area contributed by atoms with Gasteiger partial charge in [0, 0.05) is 16.7 Å². The molecule has 0 radical (unpaired) electrons. The molecule has 10 nitrogen and oxygen atoms in total. The number of nitrogens with one attached hydrogen (secondary N) is 1. The first-order valence-electron chi connectivity index (χ1n) is 17.1. The Balaban J connectivity index is 1.34. The number of hydrogen-bond acceptors (Lipinski definition) is 8. The molecule has 0 spiro atoms. The molecule has 1 amide bonds. The van der Waals surface area contributed by atoms with E-state index in [-0.39, 0.29) is 58.9 Å². The molecule has 0 bridgehead atoms. The summed E-state index contributed by atoms with van der Waals surface area (Å²) in [6.45, 7) is 21.9. The van der Waals surface area contributed by atoms with Crippen LogP contribution in [0.3, 0.4) is 0 Å². The van der Waals surface area contributed by atoms with Gasteiger partial charge in [-0.05, 0) is 66.6 Å². The van der Waals surface area contributed by atoms with Crippen LogP contribution in [0, 0.1) is 11.6 Å². The highest BCUT2D eigenvalue weighted by Crippen LogP contribution is 2.41. The van der Waals surface area contributed by atoms with Crippen molar-refractivity contribution in [1.82, 2.24) is 20.5 Å². The van der Waals surface area contributed by atoms with Gasteiger partial charge in [0.25, 0.3) is 0 Å². The smallest absolute Gasteiger partial charge is 0.414 e. The van der Waals surface area contributed by atoms with E-state index in [0.29, 0.717) is 11.3 Å². The fraction of sp³-hybridized carbons (Fsp3) is 0.528. The Bertz CT molecular complexity index is 1760. The summed E-state index contributed by atoms with van der Waals surface area (Å²) in [6.07, 6.45) is 2.08. The number of anilines is 1. The van der Waals surface area contributed by atoms with Crippen LogP contribution in [0.5, 0.6) is 0 Å². The zero-order valence-corrected chi connectivity index (χ0v) is 33.2. The lowest BCUT2D eigenvalue weighted by atomic mass is 9.99. The summed E-state index contributed by atoms with van der Waals surface area (Å²) in [7, 11) is -4.30. The molecule has 2 aliphatic heterocycles. The molecule has 1 atom stereocenters. The maximum Gasteiger partial charge on any atom is 0.414 e. The van der Waals surface area contributed by atoms with Crippen LogP contribution in [0.4, 0.5) is 23.7 Å². The minimum Gasteiger partial charge on any atom is -0.442 e. The lowest BCUT2D eigenvalue weighted by Gasteiger charge is -2.41. The summed E-state index contributed by atoms with van der Waals surface area (Å²) in [5.41, 5.74) is 3.66. The van der Waals surface area contributed by atoms with Crippen molar-refractivity contribution in [1.29, 1.82) is 0 Å². The van der Waals surface area contributed by atoms with Gasteiger partial charge in [-0.15, -0.1) is 5.10 Å². The number of benzene rings is 2. The Labute approximate surface area is 300 Å². The number of halogens is 3. The highest BCUT2D eigenvalue weighted by molar-refractivity contribution is 6.74. The molecule has 0 aliphatic carbocycles. The molecule has 3 aromatic rings. The normalized spacial score (nSPS) is 18.2. The van der Waals surface area contributed by atoms with Gasteiger partial charge in [0.1, 0.15) is 30.1 Å². The lowest BCUT2D eigenvalue weighted by Crippen LogP contribution is -2.51. The van der Waals surface area contributed by atoms with Crippen LogP contribution in [0.2, 0.25) is 36.3 Å². The third-order valence-corrected chi connectivity index (χ3v) is 19.5. The van der Waals surface area contributed by atoms with Crippen LogP contribution in [0.15, 0.2) is 48.7 Å². The van der Waals surface area contributed by atoms with Gasteiger partial charge in [-0.3, -0.25) is 15.2 Å². The van der Waals surface area contributed by atoms with Crippen molar-refractivity contribution >= 4 is 34.1 Å². The molecule has 2 aliphatic rings. The number of hydroxylamine groups is 1. The van der Waals surface area contributed by atoms with Crippen LogP contribution in [-0.4, -0.2) is 69.2 Å². The van der Waals surface area contributed by atoms with Gasteiger partial charge in [-0.2, -0.15) is 0 Å². The summed E-state index contributed by atoms with van der Waals surface area (Å²) in [5, 5.41) is 7.49. The van der Waals surface area contributed by atoms with Gasteiger partial charge < -0.3 is 13.6 Å². The summed E-state index contributed by atoms with van der Waals surface area (Å²) in [5.74, 6) is -1.33. The van der Waals surface area contributed by atoms with E-state index in [1.54, 1.807) is 12.1 Å². The predicted octanol–water partition coefficient (Wildman–Crippen LogP) is 8.38. The Morgan fingerprint density at radius 3 is 2.06 bits per heavy atom. The van der Waals surface area contributed by atoms with Crippen LogP contribution in [0.25, 0.3) is 16.8 Å². The Morgan fingerprint density at radius 2 is 1.53 bits per heavy atom. The molecule has 0 saturated carbocycles. The van der Waals surface area contributed by atoms with E-state index >= 15 is 8.78 Å². The number of rotatable bonds is 12. The van der Waals surface area contributed by atoms with Gasteiger partial charge >= 0.3 is 6.09 Å². The Morgan fingerprint density at radius 1 is 0.941 bits per heavy atom. The highest BCUT2D eigenvalue weighted by Gasteiger charge is 2.46. The number of aromatic nitrogens is 3. The van der Waals surface area contributed by atoms with E-state index in [1.165, 1.54) is 40.0 Å². The fourth-order valence-corrected chi connectivity index (χ4v) is 7.24. The van der Waals surface area contributed by atoms with Crippen molar-refractivity contribution in [2.45, 2.75) is 103 Å². The molecule has 51 heavy (non-hydrogen) atoms. The summed E-state index contributed by atoms with van der Waals surface area (Å²) in [6, 6.07) is 8.72. The Hall–Kier alpha value is -3.51. The molecule has 2 aromatic carbocycles. The maximum absolute atomic E-state index is 15.8. The van der Waals surface area contributed by atoms with Crippen LogP contribution in [0.1, 0.15) is 52.8 Å². The van der Waals surface area contributed by atoms with Crippen LogP contribution >= 0.6 is 0 Å². The van der Waals surface area contributed by atoms with E-state index < -0.39 is 52.7 Å². The van der Waals surface area contributed by atoms with E-state index in [9.17, 15) is 9.18 Å². The summed E-state index contributed by atoms with van der Waals surface area (Å²) < 4.78 is 64.2. The van der Waals surface area contributed by atoms with E-state index in [4.69, 9.17) is 18.4 Å². The molecule has 1 saturated heterocycles. The largest absolute Gasteiger partial charge is 0.442 e. The molecule has 278 valence electrons. The average molecular weight is 746 g/mol. The number of carbonyl (C=O) groups excluding carboxylic acids is 1. The number of ether oxygens (including phenoxy) is 1. The topological polar surface area (TPSA) is 100.0 Å². The zero-order chi connectivity index (χ0) is 37.6. The molecule has 5 rings (SSSR count). The first-order valence-corrected chi connectivity index (χ1v) is 22.9. The number of amides is 1. The highest BCUT2D eigenvalue weighted by atomic mass is 28.4. The molecule has 1 N–H and O–H groups in total. The standard InChI is InChI=1S/C36H50F3N5O5Si2/c1-34(2,3)50(7,8)46-22-36(23-47-51(9,10)35(4,5)6)17-32(41-49-36)24-11-13-28(30(38)15-24)29-14-12-26(16-31(29)39)44-21-27(48-33(44)45)20-43-19-25(18-37)40-42-43/h11-17,19,27,41H,18,20-23H2,1-10H3/t27-/m0/s1. The minimum atomic E-state index is -2.15. The van der Waals surface area contributed by atoms with E-state index in [2.05, 4.69) is 83.5 Å². The first kappa shape index (κ1) is 38.7. The monoisotopic (exact) mass is 745 g/mol. The van der Waals surface area contributed by atoms with Crippen molar-refractivity contribution < 1.29 is 36.4 Å². The van der Waals surface area contributed by atoms with Gasteiger partial charge in [-0.1, -0.05) is 58.9 Å². The van der Waals surface area contributed by atoms with Gasteiger partial charge in [0.15, 0.2) is 22.2 Å². The molecule has 1 aromatic heterocycles. The Kier molecular flexibility index (Phi) is 10.7. The molecule has 0 unspecified atom stereocenters. The molecular weight excluding hydrogens is 696 g/mol. The van der Waals surface area contributed by atoms with Gasteiger partial charge in [0.05, 0.1) is 43.9 Å². The second-order valence-electron chi connectivity index (χ2n) is 16.5. The number of cyclic esters (lactones) is 1. The predicted molar refractivity (Wildman–Crippen MR) is 195 cm³/mol. The second kappa shape index (κ2) is 14.1. The molecular formula is C36H50F3N5O5Si2. The van der Waals surface area contributed by atoms with Crippen molar-refractivity contribution in [3.8, 4) is 11.1 Å². The number of nitrogens with zero attached hydrogens (tertiary/aromatic N) is 4. The molecule has 15 heteroatoms. The minimum absolute atomic E-state index is 0.0132. The molecule has 3 heterocycles. The van der Waals surface area contributed by atoms with Gasteiger partial charge in [-0.25, -0.2) is 22.6 Å². The average Bonchev–Trinajstić information content (AvgIpc) is 3.77. The van der Waals surface area contributed by atoms with Crippen molar-refractivity contribution in [3.05, 3.63) is 71.6 Å². The zero-order valence-electron chi connectivity index (χ0n) is 31.2. The number of alkyl halides is 1. The number of carbonyl (C=O) groups is 1. The third kappa shape index (κ3) is 8.43. The van der Waals surface area contributed by atoms with Crippen molar-refractivity contribution in [3.63, 3.8) is 0 Å². The molecule has 1 fully saturated rings. The quantitative estimate of drug-likeness (QED) is 0.185. The van der Waals surface area contributed by atoms with Gasteiger partial charge in [0.2, 0.25) is 0 Å². The third-order valence-electron chi connectivity index (χ3n) is 10.6. The van der Waals surface area contributed by atoms with Crippen molar-refractivity contribution in [2.24, 2.45) is 0 Å². The van der Waals surface area contributed by atoms with E-state index in [0.717, 1.165) is 0 Å². The number of hydrogen-bond donors (Lipinski definition) is 1. The maximum atomic E-state index is 15.8. The van der Waals surface area contributed by atoms with Crippen LogP contribution < -0.4 is 10.4 Å². The lowest BCUT2D eigenvalue weighted by molar-refractivity contribution is -0.0864. The van der Waals surface area contributed by atoms with Crippen LogP contribution in [-0.2, 0) is 31.6 Å². The fourth-order valence-electron chi connectivity index (χ4n) is 5.16. The SMILES string of the molecule is CC(C)(C)[Si](C)(C)OCC1(CO[Si](C)(C)C(C)(C)C)C=C(c2ccc(-c3ccc(N4C[C@H](Cn5cc(CF)nn5)OC4=O)cc3F)c(F)c2)NO1. The second-order valence-corrected chi connectivity index (χ2v) is 26.1. The summed E-state index contributed by atoms with van der Waals surface area (Å²) in [4.78, 5) is 20.1. The van der Waals surface area contributed by atoms with E-state index in [1.807, 2.05) is 6.08 Å². The first-order chi connectivity index (χ1) is 23.6. The summed E-state index contributed by atoms with van der Waals surface area (Å²) >= 11 is 0.